The largest absolute Gasteiger partial charge is 0.452 e. The molecule has 9 heteroatoms. The molecule has 0 spiro atoms. The van der Waals surface area contributed by atoms with Crippen molar-refractivity contribution >= 4 is 28.7 Å². The van der Waals surface area contributed by atoms with Crippen LogP contribution in [0.3, 0.4) is 0 Å². The van der Waals surface area contributed by atoms with E-state index >= 15 is 0 Å². The zero-order valence-corrected chi connectivity index (χ0v) is 19.8. The number of esters is 1. The Kier molecular flexibility index (Phi) is 6.27. The molecule has 1 amide bonds. The summed E-state index contributed by atoms with van der Waals surface area (Å²) in [7, 11) is 0. The molecule has 0 bridgehead atoms. The molecular formula is C27H24N6O3. The van der Waals surface area contributed by atoms with E-state index in [4.69, 9.17) is 4.74 Å². The number of carbonyl (C=O) groups is 2. The van der Waals surface area contributed by atoms with Crippen LogP contribution in [0.4, 0.5) is 5.82 Å². The second-order valence-electron chi connectivity index (χ2n) is 8.47. The first kappa shape index (κ1) is 23.0. The minimum absolute atomic E-state index is 0.142. The molecule has 0 atom stereocenters. The Labute approximate surface area is 207 Å². The highest BCUT2D eigenvalue weighted by molar-refractivity contribution is 5.96. The van der Waals surface area contributed by atoms with Gasteiger partial charge in [0.1, 0.15) is 5.82 Å². The molecule has 180 valence electrons. The number of pyridine rings is 1. The molecular weight excluding hydrogens is 456 g/mol. The minimum atomic E-state index is -0.640. The molecule has 0 aliphatic carbocycles. The van der Waals surface area contributed by atoms with Crippen LogP contribution >= 0.6 is 0 Å². The van der Waals surface area contributed by atoms with Crippen LogP contribution < -0.4 is 5.32 Å². The van der Waals surface area contributed by atoms with E-state index in [1.165, 1.54) is 6.20 Å². The lowest BCUT2D eigenvalue weighted by molar-refractivity contribution is -0.119. The van der Waals surface area contributed by atoms with Crippen LogP contribution in [-0.4, -0.2) is 43.0 Å². The van der Waals surface area contributed by atoms with E-state index < -0.39 is 18.5 Å². The number of benzene rings is 2. The number of aromatic nitrogens is 5. The maximum atomic E-state index is 12.7. The lowest BCUT2D eigenvalue weighted by atomic mass is 10.2. The summed E-state index contributed by atoms with van der Waals surface area (Å²) in [4.78, 5) is 29.6. The predicted molar refractivity (Wildman–Crippen MR) is 136 cm³/mol. The summed E-state index contributed by atoms with van der Waals surface area (Å²) in [6.07, 6.45) is 3.08. The molecule has 0 radical (unpaired) electrons. The van der Waals surface area contributed by atoms with E-state index in [9.17, 15) is 9.59 Å². The number of amides is 1. The molecule has 9 nitrogen and oxygen atoms in total. The van der Waals surface area contributed by atoms with Gasteiger partial charge < -0.3 is 10.1 Å². The normalized spacial score (nSPS) is 11.1. The molecule has 0 unspecified atom stereocenters. The second-order valence-corrected chi connectivity index (χ2v) is 8.47. The van der Waals surface area contributed by atoms with Gasteiger partial charge in [-0.05, 0) is 32.0 Å². The number of carbonyl (C=O) groups excluding carboxylic acids is 2. The van der Waals surface area contributed by atoms with Crippen LogP contribution in [0.1, 0.15) is 30.2 Å². The van der Waals surface area contributed by atoms with Crippen molar-refractivity contribution in [2.75, 3.05) is 11.9 Å². The summed E-state index contributed by atoms with van der Waals surface area (Å²) in [6, 6.07) is 22.7. The number of para-hydroxylation sites is 1. The van der Waals surface area contributed by atoms with Gasteiger partial charge in [-0.25, -0.2) is 19.1 Å². The number of hydrogen-bond acceptors (Lipinski definition) is 6. The van der Waals surface area contributed by atoms with Crippen LogP contribution in [0, 0.1) is 0 Å². The maximum Gasteiger partial charge on any atom is 0.340 e. The van der Waals surface area contributed by atoms with Crippen LogP contribution in [0.5, 0.6) is 0 Å². The number of fused-ring (bicyclic) bond motifs is 1. The van der Waals surface area contributed by atoms with Gasteiger partial charge in [-0.2, -0.15) is 10.2 Å². The number of nitrogens with one attached hydrogen (secondary N) is 1. The molecule has 3 heterocycles. The zero-order valence-electron chi connectivity index (χ0n) is 19.8. The first-order chi connectivity index (χ1) is 17.5. The quantitative estimate of drug-likeness (QED) is 0.340. The summed E-state index contributed by atoms with van der Waals surface area (Å²) in [5.74, 6) is -0.662. The molecule has 5 rings (SSSR count). The average Bonchev–Trinajstić information content (AvgIpc) is 3.52. The molecule has 36 heavy (non-hydrogen) atoms. The Morgan fingerprint density at radius 3 is 2.42 bits per heavy atom. The van der Waals surface area contributed by atoms with E-state index in [-0.39, 0.29) is 11.6 Å². The Hall–Kier alpha value is -4.79. The van der Waals surface area contributed by atoms with Gasteiger partial charge in [0.25, 0.3) is 5.91 Å². The van der Waals surface area contributed by atoms with Crippen LogP contribution in [0.25, 0.3) is 28.0 Å². The first-order valence-electron chi connectivity index (χ1n) is 11.5. The third-order valence-electron chi connectivity index (χ3n) is 5.54. The number of anilines is 1. The molecule has 5 aromatic rings. The third-order valence-corrected chi connectivity index (χ3v) is 5.54. The van der Waals surface area contributed by atoms with E-state index in [2.05, 4.69) is 20.5 Å². The van der Waals surface area contributed by atoms with Crippen LogP contribution in [0.15, 0.2) is 85.2 Å². The van der Waals surface area contributed by atoms with Crippen molar-refractivity contribution in [2.45, 2.75) is 19.9 Å². The van der Waals surface area contributed by atoms with Crippen molar-refractivity contribution in [2.24, 2.45) is 0 Å². The molecule has 0 aliphatic heterocycles. The van der Waals surface area contributed by atoms with Gasteiger partial charge in [-0.1, -0.05) is 48.5 Å². The second kappa shape index (κ2) is 9.83. The predicted octanol–water partition coefficient (Wildman–Crippen LogP) is 4.66. The highest BCUT2D eigenvalue weighted by Crippen LogP contribution is 2.25. The third kappa shape index (κ3) is 4.72. The summed E-state index contributed by atoms with van der Waals surface area (Å²) in [6.45, 7) is 3.55. The van der Waals surface area contributed by atoms with E-state index in [1.807, 2.05) is 74.5 Å². The minimum Gasteiger partial charge on any atom is -0.452 e. The number of rotatable bonds is 7. The van der Waals surface area contributed by atoms with Gasteiger partial charge in [-0.3, -0.25) is 4.79 Å². The standard InChI is InChI=1S/C27H24N6O3/c1-18(2)32-26-20(16-29-32)13-21(15-28-26)27(35)36-17-25(34)30-24-14-23(19-9-5-3-6-10-19)31-33(24)22-11-7-4-8-12-22/h3-16,18H,17H2,1-2H3,(H,30,34). The Bertz CT molecular complexity index is 1520. The van der Waals surface area contributed by atoms with E-state index in [1.54, 1.807) is 27.7 Å². The fraction of sp³-hybridized carbons (Fsp3) is 0.148. The van der Waals surface area contributed by atoms with Gasteiger partial charge in [0.15, 0.2) is 12.3 Å². The highest BCUT2D eigenvalue weighted by atomic mass is 16.5. The molecule has 3 aromatic heterocycles. The fourth-order valence-electron chi connectivity index (χ4n) is 3.81. The van der Waals surface area contributed by atoms with Gasteiger partial charge in [-0.15, -0.1) is 0 Å². The summed E-state index contributed by atoms with van der Waals surface area (Å²) in [5.41, 5.74) is 3.33. The average molecular weight is 481 g/mol. The van der Waals surface area contributed by atoms with E-state index in [0.29, 0.717) is 17.2 Å². The number of hydrogen-bond donors (Lipinski definition) is 1. The lowest BCUT2D eigenvalue weighted by Gasteiger charge is -2.09. The monoisotopic (exact) mass is 480 g/mol. The summed E-state index contributed by atoms with van der Waals surface area (Å²) >= 11 is 0. The lowest BCUT2D eigenvalue weighted by Crippen LogP contribution is -2.22. The molecule has 2 aromatic carbocycles. The van der Waals surface area contributed by atoms with Crippen molar-refractivity contribution in [1.29, 1.82) is 0 Å². The highest BCUT2D eigenvalue weighted by Gasteiger charge is 2.17. The maximum absolute atomic E-state index is 12.7. The Morgan fingerprint density at radius 1 is 0.972 bits per heavy atom. The molecule has 0 saturated carbocycles. The zero-order chi connectivity index (χ0) is 25.1. The van der Waals surface area contributed by atoms with Crippen molar-refractivity contribution in [3.63, 3.8) is 0 Å². The smallest absolute Gasteiger partial charge is 0.340 e. The van der Waals surface area contributed by atoms with E-state index in [0.717, 1.165) is 16.6 Å². The number of nitrogens with zero attached hydrogens (tertiary/aromatic N) is 5. The number of ether oxygens (including phenoxy) is 1. The topological polar surface area (TPSA) is 104 Å². The summed E-state index contributed by atoms with van der Waals surface area (Å²) in [5, 5.41) is 12.5. The van der Waals surface area contributed by atoms with Gasteiger partial charge >= 0.3 is 5.97 Å². The molecule has 1 N–H and O–H groups in total. The van der Waals surface area contributed by atoms with Crippen LogP contribution in [0.2, 0.25) is 0 Å². The van der Waals surface area contributed by atoms with Gasteiger partial charge in [0.2, 0.25) is 0 Å². The van der Waals surface area contributed by atoms with Gasteiger partial charge in [0, 0.05) is 29.3 Å². The molecule has 0 fully saturated rings. The van der Waals surface area contributed by atoms with Crippen molar-refractivity contribution in [3.8, 4) is 16.9 Å². The Morgan fingerprint density at radius 2 is 1.69 bits per heavy atom. The van der Waals surface area contributed by atoms with Gasteiger partial charge in [0.05, 0.1) is 23.1 Å². The summed E-state index contributed by atoms with van der Waals surface area (Å²) < 4.78 is 8.67. The van der Waals surface area contributed by atoms with Crippen molar-refractivity contribution < 1.29 is 14.3 Å². The van der Waals surface area contributed by atoms with Crippen LogP contribution in [-0.2, 0) is 9.53 Å². The molecule has 0 saturated heterocycles. The fourth-order valence-corrected chi connectivity index (χ4v) is 3.81. The SMILES string of the molecule is CC(C)n1ncc2cc(C(=O)OCC(=O)Nc3cc(-c4ccccc4)nn3-c3ccccc3)cnc21. The molecule has 0 aliphatic rings. The first-order valence-corrected chi connectivity index (χ1v) is 11.5. The van der Waals surface area contributed by atoms with Crippen molar-refractivity contribution in [3.05, 3.63) is 90.8 Å². The Balaban J connectivity index is 1.31. The van der Waals surface area contributed by atoms with Crippen molar-refractivity contribution in [1.82, 2.24) is 24.5 Å².